The average molecular weight is 207 g/mol. The second-order valence-electron chi connectivity index (χ2n) is 2.31. The number of aromatic nitrogens is 2. The predicted octanol–water partition coefficient (Wildman–Crippen LogP) is 0.318. The van der Waals surface area contributed by atoms with Gasteiger partial charge in [0, 0.05) is 12.4 Å². The molecule has 1 aromatic heterocycles. The molecule has 0 unspecified atom stereocenters. The summed E-state index contributed by atoms with van der Waals surface area (Å²) in [7, 11) is 0. The van der Waals surface area contributed by atoms with Crippen molar-refractivity contribution >= 4 is 17.7 Å². The van der Waals surface area contributed by atoms with Crippen LogP contribution in [0.5, 0.6) is 0 Å². The van der Waals surface area contributed by atoms with Gasteiger partial charge in [0.2, 0.25) is 5.91 Å². The lowest BCUT2D eigenvalue weighted by molar-refractivity contribution is -0.118. The lowest BCUT2D eigenvalue weighted by Gasteiger charge is -2.00. The molecule has 0 aliphatic rings. The number of amides is 1. The van der Waals surface area contributed by atoms with Crippen LogP contribution in [0.15, 0.2) is 23.6 Å². The van der Waals surface area contributed by atoms with Crippen molar-refractivity contribution in [2.75, 3.05) is 12.3 Å². The molecule has 1 aromatic rings. The van der Waals surface area contributed by atoms with E-state index >= 15 is 0 Å². The summed E-state index contributed by atoms with van der Waals surface area (Å²) in [5.41, 5.74) is 0. The first kappa shape index (κ1) is 10.5. The van der Waals surface area contributed by atoms with Crippen molar-refractivity contribution < 1.29 is 4.79 Å². The highest BCUT2D eigenvalue weighted by atomic mass is 32.2. The maximum atomic E-state index is 11.1. The Morgan fingerprint density at radius 3 is 3.14 bits per heavy atom. The number of rotatable bonds is 4. The van der Waals surface area contributed by atoms with E-state index in [0.717, 1.165) is 5.03 Å². The molecule has 1 heterocycles. The summed E-state index contributed by atoms with van der Waals surface area (Å²) in [6, 6.07) is 0. The van der Waals surface area contributed by atoms with Crippen LogP contribution in [-0.4, -0.2) is 28.2 Å². The summed E-state index contributed by atoms with van der Waals surface area (Å²) in [5, 5.41) is 3.28. The van der Waals surface area contributed by atoms with Crippen LogP contribution < -0.4 is 5.32 Å². The smallest absolute Gasteiger partial charge is 0.231 e. The van der Waals surface area contributed by atoms with Crippen molar-refractivity contribution in [2.45, 2.75) is 5.03 Å². The van der Waals surface area contributed by atoms with E-state index in [-0.39, 0.29) is 12.5 Å². The number of terminal acetylenes is 1. The van der Waals surface area contributed by atoms with Crippen molar-refractivity contribution in [3.05, 3.63) is 18.6 Å². The van der Waals surface area contributed by atoms with Gasteiger partial charge in [-0.15, -0.1) is 6.42 Å². The number of hydrogen-bond donors (Lipinski definition) is 1. The minimum absolute atomic E-state index is 0.0985. The van der Waals surface area contributed by atoms with Gasteiger partial charge in [-0.25, -0.2) is 4.98 Å². The topological polar surface area (TPSA) is 54.9 Å². The maximum absolute atomic E-state index is 11.1. The molecule has 0 spiro atoms. The zero-order valence-electron chi connectivity index (χ0n) is 7.43. The molecule has 14 heavy (non-hydrogen) atoms. The van der Waals surface area contributed by atoms with E-state index in [2.05, 4.69) is 21.2 Å². The summed E-state index contributed by atoms with van der Waals surface area (Å²) in [5.74, 6) is 2.54. The average Bonchev–Trinajstić information content (AvgIpc) is 2.25. The van der Waals surface area contributed by atoms with Gasteiger partial charge >= 0.3 is 0 Å². The fourth-order valence-corrected chi connectivity index (χ4v) is 1.35. The molecule has 72 valence electrons. The Labute approximate surface area is 86.5 Å². The highest BCUT2D eigenvalue weighted by molar-refractivity contribution is 7.99. The molecule has 5 heteroatoms. The molecule has 0 aliphatic heterocycles. The molecular weight excluding hydrogens is 198 g/mol. The van der Waals surface area contributed by atoms with Gasteiger partial charge in [-0.1, -0.05) is 17.7 Å². The Balaban J connectivity index is 2.28. The van der Waals surface area contributed by atoms with Crippen LogP contribution in [-0.2, 0) is 4.79 Å². The third-order valence-corrected chi connectivity index (χ3v) is 2.19. The Hall–Kier alpha value is -1.54. The molecule has 1 N–H and O–H groups in total. The molecule has 0 fully saturated rings. The minimum atomic E-state index is -0.0985. The molecule has 1 amide bonds. The Morgan fingerprint density at radius 2 is 2.50 bits per heavy atom. The van der Waals surface area contributed by atoms with E-state index in [0.29, 0.717) is 5.75 Å². The van der Waals surface area contributed by atoms with Crippen molar-refractivity contribution in [2.24, 2.45) is 0 Å². The third-order valence-electron chi connectivity index (χ3n) is 1.28. The Bertz CT molecular complexity index is 334. The van der Waals surface area contributed by atoms with Crippen molar-refractivity contribution in [3.63, 3.8) is 0 Å². The minimum Gasteiger partial charge on any atom is -0.344 e. The van der Waals surface area contributed by atoms with E-state index < -0.39 is 0 Å². The van der Waals surface area contributed by atoms with Crippen molar-refractivity contribution in [3.8, 4) is 12.3 Å². The molecule has 4 nitrogen and oxygen atoms in total. The van der Waals surface area contributed by atoms with E-state index in [9.17, 15) is 4.79 Å². The van der Waals surface area contributed by atoms with E-state index in [1.54, 1.807) is 18.6 Å². The summed E-state index contributed by atoms with van der Waals surface area (Å²) in [6.07, 6.45) is 9.77. The molecular formula is C9H9N3OS. The quantitative estimate of drug-likeness (QED) is 0.570. The van der Waals surface area contributed by atoms with Crippen molar-refractivity contribution in [1.82, 2.24) is 15.3 Å². The first-order valence-corrected chi connectivity index (χ1v) is 4.90. The number of carbonyl (C=O) groups excluding carboxylic acids is 1. The van der Waals surface area contributed by atoms with Gasteiger partial charge in [-0.05, 0) is 0 Å². The van der Waals surface area contributed by atoms with E-state index in [4.69, 9.17) is 6.42 Å². The fraction of sp³-hybridized carbons (Fsp3) is 0.222. The Morgan fingerprint density at radius 1 is 1.64 bits per heavy atom. The number of nitrogens with one attached hydrogen (secondary N) is 1. The first-order valence-electron chi connectivity index (χ1n) is 3.92. The molecule has 0 bridgehead atoms. The number of hydrogen-bond acceptors (Lipinski definition) is 4. The van der Waals surface area contributed by atoms with Crippen LogP contribution in [0.2, 0.25) is 0 Å². The van der Waals surface area contributed by atoms with Gasteiger partial charge in [0.15, 0.2) is 0 Å². The van der Waals surface area contributed by atoms with Crippen LogP contribution in [0.25, 0.3) is 0 Å². The molecule has 0 saturated heterocycles. The highest BCUT2D eigenvalue weighted by Crippen LogP contribution is 2.11. The molecule has 0 radical (unpaired) electrons. The van der Waals surface area contributed by atoms with Gasteiger partial charge < -0.3 is 5.32 Å². The second-order valence-corrected chi connectivity index (χ2v) is 3.31. The van der Waals surface area contributed by atoms with Gasteiger partial charge in [-0.2, -0.15) is 0 Å². The third kappa shape index (κ3) is 3.92. The number of carbonyl (C=O) groups is 1. The monoisotopic (exact) mass is 207 g/mol. The van der Waals surface area contributed by atoms with Crippen LogP contribution in [0.4, 0.5) is 0 Å². The predicted molar refractivity (Wildman–Crippen MR) is 54.6 cm³/mol. The standard InChI is InChI=1S/C9H9N3OS/c1-2-3-11-8(13)7-14-9-6-10-4-5-12-9/h1,4-6H,3,7H2,(H,11,13). The van der Waals surface area contributed by atoms with E-state index in [1.807, 2.05) is 0 Å². The summed E-state index contributed by atoms with van der Waals surface area (Å²) < 4.78 is 0. The molecule has 0 aromatic carbocycles. The van der Waals surface area contributed by atoms with Gasteiger partial charge in [0.1, 0.15) is 5.03 Å². The summed E-state index contributed by atoms with van der Waals surface area (Å²) in [6.45, 7) is 0.264. The van der Waals surface area contributed by atoms with Crippen molar-refractivity contribution in [1.29, 1.82) is 0 Å². The normalized spacial score (nSPS) is 9.07. The fourth-order valence-electron chi connectivity index (χ4n) is 0.700. The maximum Gasteiger partial charge on any atom is 0.231 e. The first-order chi connectivity index (χ1) is 6.83. The SMILES string of the molecule is C#CCNC(=O)CSc1cnccn1. The zero-order chi connectivity index (χ0) is 10.2. The summed E-state index contributed by atoms with van der Waals surface area (Å²) in [4.78, 5) is 19.0. The highest BCUT2D eigenvalue weighted by Gasteiger charge is 2.01. The lowest BCUT2D eigenvalue weighted by Crippen LogP contribution is -2.25. The second kappa shape index (κ2) is 6.00. The molecule has 0 aliphatic carbocycles. The van der Waals surface area contributed by atoms with Gasteiger partial charge in [0.05, 0.1) is 18.5 Å². The van der Waals surface area contributed by atoms with Crippen LogP contribution in [0, 0.1) is 12.3 Å². The molecule has 1 rings (SSSR count). The largest absolute Gasteiger partial charge is 0.344 e. The van der Waals surface area contributed by atoms with Crippen LogP contribution in [0.3, 0.4) is 0 Å². The van der Waals surface area contributed by atoms with Crippen LogP contribution in [0.1, 0.15) is 0 Å². The van der Waals surface area contributed by atoms with Gasteiger partial charge in [0.25, 0.3) is 0 Å². The number of thioether (sulfide) groups is 1. The molecule has 0 atom stereocenters. The lowest BCUT2D eigenvalue weighted by atomic mass is 10.6. The summed E-state index contributed by atoms with van der Waals surface area (Å²) >= 11 is 1.32. The van der Waals surface area contributed by atoms with Gasteiger partial charge in [-0.3, -0.25) is 9.78 Å². The zero-order valence-corrected chi connectivity index (χ0v) is 8.25. The molecule has 0 saturated carbocycles. The Kier molecular flexibility index (Phi) is 4.51. The van der Waals surface area contributed by atoms with E-state index in [1.165, 1.54) is 11.8 Å². The number of nitrogens with zero attached hydrogens (tertiary/aromatic N) is 2. The van der Waals surface area contributed by atoms with Crippen LogP contribution >= 0.6 is 11.8 Å².